The van der Waals surface area contributed by atoms with Crippen LogP contribution in [-0.2, 0) is 4.79 Å². The lowest BCUT2D eigenvalue weighted by molar-refractivity contribution is 0.104. The molecule has 5 rings (SSSR count). The number of nitrogens with zero attached hydrogens (tertiary/aromatic N) is 2. The minimum absolute atomic E-state index is 0.140. The van der Waals surface area contributed by atoms with Crippen LogP contribution in [0.5, 0.6) is 0 Å². The van der Waals surface area contributed by atoms with Crippen molar-refractivity contribution in [2.75, 3.05) is 32.7 Å². The zero-order chi connectivity index (χ0) is 23.3. The van der Waals surface area contributed by atoms with Crippen molar-refractivity contribution in [2.24, 2.45) is 5.92 Å². The van der Waals surface area contributed by atoms with E-state index in [-0.39, 0.29) is 12.0 Å². The van der Waals surface area contributed by atoms with E-state index in [0.29, 0.717) is 0 Å². The van der Waals surface area contributed by atoms with E-state index in [9.17, 15) is 4.79 Å². The number of carbonyl (C=O) groups excluding carboxylic acids is 1. The van der Waals surface area contributed by atoms with E-state index in [2.05, 4.69) is 101 Å². The zero-order valence-electron chi connectivity index (χ0n) is 19.6. The van der Waals surface area contributed by atoms with Crippen LogP contribution < -0.4 is 0 Å². The highest BCUT2D eigenvalue weighted by molar-refractivity contribution is 7.17. The minimum Gasteiger partial charge on any atom is -0.300 e. The highest BCUT2D eigenvalue weighted by Crippen LogP contribution is 2.34. The summed E-state index contributed by atoms with van der Waals surface area (Å²) in [5.74, 6) is 2.43. The molecule has 0 spiro atoms. The van der Waals surface area contributed by atoms with E-state index >= 15 is 0 Å². The standard InChI is InChI=1S/C30H30N2OS/c1-23(27(21-33)28-22-34-29-15-9-8-14-26(28)29)20-31-16-18-32(19-17-31)30(24-10-4-2-5-11-24)25-12-6-3-7-13-25/h2-15,22-23,30H,16-20H2,1H3. The Bertz CT molecular complexity index is 1230. The molecule has 0 aliphatic carbocycles. The smallest absolute Gasteiger partial charge is 0.128 e. The van der Waals surface area contributed by atoms with Crippen LogP contribution >= 0.6 is 11.3 Å². The van der Waals surface area contributed by atoms with E-state index < -0.39 is 0 Å². The first-order valence-electron chi connectivity index (χ1n) is 12.0. The topological polar surface area (TPSA) is 23.6 Å². The number of piperazine rings is 1. The van der Waals surface area contributed by atoms with Crippen molar-refractivity contribution >= 4 is 32.9 Å². The fourth-order valence-electron chi connectivity index (χ4n) is 5.17. The second-order valence-corrected chi connectivity index (χ2v) is 10.0. The van der Waals surface area contributed by atoms with Crippen LogP contribution in [0.1, 0.15) is 29.7 Å². The molecule has 1 fully saturated rings. The highest BCUT2D eigenvalue weighted by Gasteiger charge is 2.28. The summed E-state index contributed by atoms with van der Waals surface area (Å²) in [4.78, 5) is 17.1. The van der Waals surface area contributed by atoms with Gasteiger partial charge in [-0.15, -0.1) is 11.3 Å². The quantitative estimate of drug-likeness (QED) is 0.305. The maximum atomic E-state index is 12.0. The zero-order valence-corrected chi connectivity index (χ0v) is 20.4. The van der Waals surface area contributed by atoms with Crippen molar-refractivity contribution < 1.29 is 4.79 Å². The fraction of sp³-hybridized carbons (Fsp3) is 0.267. The molecule has 0 saturated carbocycles. The van der Waals surface area contributed by atoms with Gasteiger partial charge in [0.25, 0.3) is 0 Å². The summed E-state index contributed by atoms with van der Waals surface area (Å²) < 4.78 is 1.22. The predicted octanol–water partition coefficient (Wildman–Crippen LogP) is 6.16. The number of hydrogen-bond donors (Lipinski definition) is 0. The first-order valence-corrected chi connectivity index (χ1v) is 12.9. The Morgan fingerprint density at radius 1 is 0.853 bits per heavy atom. The average molecular weight is 467 g/mol. The lowest BCUT2D eigenvalue weighted by atomic mass is 9.93. The molecule has 172 valence electrons. The summed E-state index contributed by atoms with van der Waals surface area (Å²) in [6.45, 7) is 7.04. The Labute approximate surface area is 206 Å². The molecule has 1 aromatic heterocycles. The van der Waals surface area contributed by atoms with E-state index in [1.54, 1.807) is 11.3 Å². The van der Waals surface area contributed by atoms with Crippen molar-refractivity contribution in [1.29, 1.82) is 0 Å². The van der Waals surface area contributed by atoms with Gasteiger partial charge in [-0.25, -0.2) is 4.79 Å². The Morgan fingerprint density at radius 2 is 1.44 bits per heavy atom. The van der Waals surface area contributed by atoms with Gasteiger partial charge in [0.15, 0.2) is 0 Å². The maximum Gasteiger partial charge on any atom is 0.128 e. The van der Waals surface area contributed by atoms with Crippen molar-refractivity contribution in [1.82, 2.24) is 9.80 Å². The van der Waals surface area contributed by atoms with Crippen LogP contribution in [0.15, 0.2) is 90.3 Å². The normalized spacial score (nSPS) is 15.9. The SMILES string of the molecule is CC(CN1CCN(C(c2ccccc2)c2ccccc2)CC1)C(=C=O)c1csc2ccccc12. The molecular weight excluding hydrogens is 436 g/mol. The van der Waals surface area contributed by atoms with Crippen molar-refractivity contribution in [2.45, 2.75) is 13.0 Å². The molecule has 4 aromatic rings. The van der Waals surface area contributed by atoms with E-state index in [1.165, 1.54) is 15.8 Å². The van der Waals surface area contributed by atoms with Gasteiger partial charge >= 0.3 is 0 Å². The predicted molar refractivity (Wildman–Crippen MR) is 143 cm³/mol. The van der Waals surface area contributed by atoms with Gasteiger partial charge in [-0.3, -0.25) is 4.90 Å². The second kappa shape index (κ2) is 10.5. The lowest BCUT2D eigenvalue weighted by Crippen LogP contribution is -2.48. The van der Waals surface area contributed by atoms with E-state index in [4.69, 9.17) is 0 Å². The average Bonchev–Trinajstić information content (AvgIpc) is 3.31. The van der Waals surface area contributed by atoms with E-state index in [0.717, 1.165) is 49.2 Å². The maximum absolute atomic E-state index is 12.0. The summed E-state index contributed by atoms with van der Waals surface area (Å²) in [6, 6.07) is 30.2. The summed E-state index contributed by atoms with van der Waals surface area (Å²) in [7, 11) is 0. The highest BCUT2D eigenvalue weighted by atomic mass is 32.1. The summed E-state index contributed by atoms with van der Waals surface area (Å²) in [5.41, 5.74) is 4.53. The Balaban J connectivity index is 1.27. The first-order chi connectivity index (χ1) is 16.7. The molecule has 34 heavy (non-hydrogen) atoms. The van der Waals surface area contributed by atoms with Gasteiger partial charge in [0.05, 0.1) is 6.04 Å². The number of hydrogen-bond acceptors (Lipinski definition) is 4. The van der Waals surface area contributed by atoms with Gasteiger partial charge in [0.1, 0.15) is 5.94 Å². The molecule has 1 aliphatic heterocycles. The summed E-state index contributed by atoms with van der Waals surface area (Å²) >= 11 is 1.70. The first kappa shape index (κ1) is 22.8. The van der Waals surface area contributed by atoms with Crippen LogP contribution in [-0.4, -0.2) is 48.5 Å². The summed E-state index contributed by atoms with van der Waals surface area (Å²) in [5, 5.41) is 3.28. The molecule has 0 N–H and O–H groups in total. The third kappa shape index (κ3) is 4.77. The van der Waals surface area contributed by atoms with E-state index in [1.807, 2.05) is 12.1 Å². The molecule has 2 heterocycles. The molecule has 1 atom stereocenters. The van der Waals surface area contributed by atoms with Gasteiger partial charge in [0, 0.05) is 65.2 Å². The van der Waals surface area contributed by atoms with Crippen LogP contribution in [0.25, 0.3) is 15.7 Å². The molecule has 3 nitrogen and oxygen atoms in total. The minimum atomic E-state index is 0.140. The van der Waals surface area contributed by atoms with Gasteiger partial charge < -0.3 is 4.90 Å². The molecule has 1 saturated heterocycles. The van der Waals surface area contributed by atoms with Crippen LogP contribution in [0.4, 0.5) is 0 Å². The second-order valence-electron chi connectivity index (χ2n) is 9.12. The Morgan fingerprint density at radius 3 is 2.06 bits per heavy atom. The van der Waals surface area contributed by atoms with Gasteiger partial charge in [-0.05, 0) is 17.2 Å². The number of benzene rings is 3. The molecule has 0 radical (unpaired) electrons. The lowest BCUT2D eigenvalue weighted by Gasteiger charge is -2.40. The molecular formula is C30H30N2OS. The van der Waals surface area contributed by atoms with Crippen LogP contribution in [0.2, 0.25) is 0 Å². The van der Waals surface area contributed by atoms with Crippen molar-refractivity contribution in [3.8, 4) is 0 Å². The van der Waals surface area contributed by atoms with Gasteiger partial charge in [0.2, 0.25) is 0 Å². The third-order valence-electron chi connectivity index (χ3n) is 6.91. The van der Waals surface area contributed by atoms with Gasteiger partial charge in [-0.2, -0.15) is 0 Å². The molecule has 1 unspecified atom stereocenters. The van der Waals surface area contributed by atoms with Crippen molar-refractivity contribution in [3.63, 3.8) is 0 Å². The summed E-state index contributed by atoms with van der Waals surface area (Å²) in [6.07, 6.45) is 0. The number of thiophene rings is 1. The molecule has 4 heteroatoms. The molecule has 0 amide bonds. The van der Waals surface area contributed by atoms with Gasteiger partial charge in [-0.1, -0.05) is 85.8 Å². The molecule has 3 aromatic carbocycles. The number of fused-ring (bicyclic) bond motifs is 1. The Hall–Kier alpha value is -3.01. The Kier molecular flexibility index (Phi) is 7.03. The van der Waals surface area contributed by atoms with Crippen molar-refractivity contribution in [3.05, 3.63) is 107 Å². The molecule has 1 aliphatic rings. The van der Waals surface area contributed by atoms with Crippen LogP contribution in [0, 0.1) is 5.92 Å². The van der Waals surface area contributed by atoms with Crippen LogP contribution in [0.3, 0.4) is 0 Å². The largest absolute Gasteiger partial charge is 0.300 e. The monoisotopic (exact) mass is 466 g/mol. The number of rotatable bonds is 7. The molecule has 0 bridgehead atoms. The fourth-order valence-corrected chi connectivity index (χ4v) is 6.14. The third-order valence-corrected chi connectivity index (χ3v) is 7.87.